The first-order valence-corrected chi connectivity index (χ1v) is 6.38. The van der Waals surface area contributed by atoms with Crippen LogP contribution in [0.5, 0.6) is 0 Å². The zero-order valence-corrected chi connectivity index (χ0v) is 11.4. The molecule has 0 spiro atoms. The Bertz CT molecular complexity index is 134. The Morgan fingerprint density at radius 1 is 0.929 bits per heavy atom. The molecule has 1 aliphatic carbocycles. The van der Waals surface area contributed by atoms with E-state index in [1.807, 2.05) is 0 Å². The summed E-state index contributed by atoms with van der Waals surface area (Å²) in [5.74, 6) is 0. The van der Waals surface area contributed by atoms with Crippen molar-refractivity contribution in [1.29, 1.82) is 0 Å². The lowest BCUT2D eigenvalue weighted by Crippen LogP contribution is -2.33. The zero-order valence-electron chi connectivity index (χ0n) is 10.6. The van der Waals surface area contributed by atoms with E-state index in [0.717, 1.165) is 0 Å². The van der Waals surface area contributed by atoms with E-state index < -0.39 is 0 Å². The summed E-state index contributed by atoms with van der Waals surface area (Å²) in [4.78, 5) is -0.0803. The molecule has 0 radical (unpaired) electrons. The first-order chi connectivity index (χ1) is 6.31. The Labute approximate surface area is 95.4 Å². The summed E-state index contributed by atoms with van der Waals surface area (Å²) in [5, 5.41) is 0. The van der Waals surface area contributed by atoms with Crippen LogP contribution >= 0.6 is 11.6 Å². The molecule has 0 amide bonds. The fraction of sp³-hybridized carbons (Fsp3) is 1.00. The minimum absolute atomic E-state index is 0.0803. The smallest absolute Gasteiger partial charge is 0.0441 e. The van der Waals surface area contributed by atoms with Crippen LogP contribution in [0.1, 0.15) is 73.1 Å². The van der Waals surface area contributed by atoms with Crippen molar-refractivity contribution in [1.82, 2.24) is 0 Å². The van der Waals surface area contributed by atoms with Gasteiger partial charge in [-0.25, -0.2) is 0 Å². The van der Waals surface area contributed by atoms with Crippen molar-refractivity contribution < 1.29 is 0 Å². The largest absolute Gasteiger partial charge is 0.119 e. The van der Waals surface area contributed by atoms with Crippen molar-refractivity contribution in [2.75, 3.05) is 0 Å². The lowest BCUT2D eigenvalue weighted by atomic mass is 9.77. The van der Waals surface area contributed by atoms with Crippen LogP contribution < -0.4 is 0 Å². The van der Waals surface area contributed by atoms with E-state index in [2.05, 4.69) is 34.6 Å². The van der Waals surface area contributed by atoms with Crippen molar-refractivity contribution in [3.63, 3.8) is 0 Å². The lowest BCUT2D eigenvalue weighted by molar-refractivity contribution is 0.251. The van der Waals surface area contributed by atoms with Crippen LogP contribution in [0.4, 0.5) is 0 Å². The Balaban J connectivity index is 0.000000344. The third kappa shape index (κ3) is 5.24. The van der Waals surface area contributed by atoms with Gasteiger partial charge in [-0.1, -0.05) is 52.9 Å². The Morgan fingerprint density at radius 2 is 1.29 bits per heavy atom. The van der Waals surface area contributed by atoms with E-state index in [9.17, 15) is 0 Å². The second-order valence-electron chi connectivity index (χ2n) is 5.52. The summed E-state index contributed by atoms with van der Waals surface area (Å²) >= 11 is 6.20. The number of halogens is 1. The molecule has 1 aliphatic rings. The molecule has 0 nitrogen and oxygen atoms in total. The van der Waals surface area contributed by atoms with Crippen LogP contribution in [0.3, 0.4) is 0 Å². The number of alkyl halides is 1. The molecule has 0 bridgehead atoms. The van der Waals surface area contributed by atoms with Crippen LogP contribution in [-0.2, 0) is 0 Å². The van der Waals surface area contributed by atoms with Crippen molar-refractivity contribution in [3.05, 3.63) is 0 Å². The Kier molecular flexibility index (Phi) is 6.12. The van der Waals surface area contributed by atoms with Gasteiger partial charge in [0.15, 0.2) is 0 Å². The molecular formula is C13H27Cl. The van der Waals surface area contributed by atoms with Gasteiger partial charge in [-0.05, 0) is 25.7 Å². The summed E-state index contributed by atoms with van der Waals surface area (Å²) in [7, 11) is 0. The molecular weight excluding hydrogens is 192 g/mol. The third-order valence-electron chi connectivity index (χ3n) is 3.48. The van der Waals surface area contributed by atoms with Crippen LogP contribution in [0.15, 0.2) is 0 Å². The average molecular weight is 219 g/mol. The minimum Gasteiger partial charge on any atom is -0.119 e. The number of hydrogen-bond donors (Lipinski definition) is 0. The van der Waals surface area contributed by atoms with E-state index in [4.69, 9.17) is 11.6 Å². The van der Waals surface area contributed by atoms with Crippen LogP contribution in [0, 0.1) is 5.41 Å². The third-order valence-corrected chi connectivity index (χ3v) is 4.00. The summed E-state index contributed by atoms with van der Waals surface area (Å²) in [6.45, 7) is 10.8. The summed E-state index contributed by atoms with van der Waals surface area (Å²) < 4.78 is 0. The molecule has 14 heavy (non-hydrogen) atoms. The van der Waals surface area contributed by atoms with Gasteiger partial charge in [0.05, 0.1) is 0 Å². The molecule has 0 atom stereocenters. The van der Waals surface area contributed by atoms with Gasteiger partial charge in [0.2, 0.25) is 0 Å². The highest BCUT2D eigenvalue weighted by Gasteiger charge is 2.33. The molecule has 1 fully saturated rings. The van der Waals surface area contributed by atoms with E-state index in [1.165, 1.54) is 38.5 Å². The standard InChI is InChI=1S/C9H19Cl.C4H8/c1-6-7-8(2,3)9(4,5)10;1-2-4-3-1/h6-7H2,1-5H3;1-4H2. The predicted octanol–water partition coefficient (Wildman–Crippen LogP) is 5.39. The molecule has 0 unspecified atom stereocenters. The normalized spacial score (nSPS) is 16.7. The molecule has 0 aliphatic heterocycles. The van der Waals surface area contributed by atoms with E-state index >= 15 is 0 Å². The average Bonchev–Trinajstić information content (AvgIpc) is 1.79. The number of rotatable bonds is 3. The minimum atomic E-state index is -0.0803. The van der Waals surface area contributed by atoms with E-state index in [1.54, 1.807) is 0 Å². The van der Waals surface area contributed by atoms with Crippen molar-refractivity contribution in [3.8, 4) is 0 Å². The molecule has 0 aromatic carbocycles. The quantitative estimate of drug-likeness (QED) is 0.558. The maximum Gasteiger partial charge on any atom is 0.0441 e. The summed E-state index contributed by atoms with van der Waals surface area (Å²) in [6, 6.07) is 0. The fourth-order valence-electron chi connectivity index (χ4n) is 1.17. The first kappa shape index (κ1) is 14.3. The Hall–Kier alpha value is 0.290. The van der Waals surface area contributed by atoms with Gasteiger partial charge >= 0.3 is 0 Å². The van der Waals surface area contributed by atoms with Gasteiger partial charge in [-0.3, -0.25) is 0 Å². The van der Waals surface area contributed by atoms with Crippen molar-refractivity contribution in [2.45, 2.75) is 78.0 Å². The predicted molar refractivity (Wildman–Crippen MR) is 67.1 cm³/mol. The highest BCUT2D eigenvalue weighted by molar-refractivity contribution is 6.23. The highest BCUT2D eigenvalue weighted by atomic mass is 35.5. The molecule has 1 saturated carbocycles. The SMILES string of the molecule is C1CCC1.CCCC(C)(C)C(C)(C)Cl. The van der Waals surface area contributed by atoms with Gasteiger partial charge in [-0.2, -0.15) is 0 Å². The van der Waals surface area contributed by atoms with E-state index in [0.29, 0.717) is 0 Å². The lowest BCUT2D eigenvalue weighted by Gasteiger charge is -2.36. The molecule has 0 aromatic rings. The van der Waals surface area contributed by atoms with Crippen LogP contribution in [0.25, 0.3) is 0 Å². The molecule has 0 saturated heterocycles. The van der Waals surface area contributed by atoms with E-state index in [-0.39, 0.29) is 10.3 Å². The summed E-state index contributed by atoms with van der Waals surface area (Å²) in [6.07, 6.45) is 8.41. The molecule has 1 heteroatoms. The fourth-order valence-corrected chi connectivity index (χ4v) is 1.27. The van der Waals surface area contributed by atoms with Gasteiger partial charge < -0.3 is 0 Å². The van der Waals surface area contributed by atoms with Gasteiger partial charge in [-0.15, -0.1) is 11.6 Å². The van der Waals surface area contributed by atoms with Gasteiger partial charge in [0.1, 0.15) is 0 Å². The van der Waals surface area contributed by atoms with Gasteiger partial charge in [0.25, 0.3) is 0 Å². The molecule has 0 N–H and O–H groups in total. The second-order valence-corrected chi connectivity index (χ2v) is 6.47. The summed E-state index contributed by atoms with van der Waals surface area (Å²) in [5.41, 5.74) is 0.253. The van der Waals surface area contributed by atoms with Crippen LogP contribution in [0.2, 0.25) is 0 Å². The van der Waals surface area contributed by atoms with Crippen molar-refractivity contribution in [2.24, 2.45) is 5.41 Å². The Morgan fingerprint density at radius 3 is 1.36 bits per heavy atom. The monoisotopic (exact) mass is 218 g/mol. The molecule has 1 rings (SSSR count). The van der Waals surface area contributed by atoms with Gasteiger partial charge in [0, 0.05) is 4.87 Å². The second kappa shape index (κ2) is 6.00. The zero-order chi connectivity index (χ0) is 11.2. The topological polar surface area (TPSA) is 0 Å². The maximum atomic E-state index is 6.20. The van der Waals surface area contributed by atoms with Crippen molar-refractivity contribution >= 4 is 11.6 Å². The maximum absolute atomic E-state index is 6.20. The molecule has 86 valence electrons. The number of hydrogen-bond acceptors (Lipinski definition) is 0. The first-order valence-electron chi connectivity index (χ1n) is 6.00. The highest BCUT2D eigenvalue weighted by Crippen LogP contribution is 2.39. The molecule has 0 aromatic heterocycles. The molecule has 0 heterocycles. The van der Waals surface area contributed by atoms with Crippen LogP contribution in [-0.4, -0.2) is 4.87 Å².